The highest BCUT2D eigenvalue weighted by Crippen LogP contribution is 2.37. The summed E-state index contributed by atoms with van der Waals surface area (Å²) in [5.74, 6) is 0.291. The predicted octanol–water partition coefficient (Wildman–Crippen LogP) is 4.65. The number of halogens is 3. The number of alkyl halides is 3. The quantitative estimate of drug-likeness (QED) is 0.558. The van der Waals surface area contributed by atoms with Gasteiger partial charge in [-0.05, 0) is 18.8 Å². The minimum absolute atomic E-state index is 0.398. The van der Waals surface area contributed by atoms with Crippen LogP contribution in [0.15, 0.2) is 0 Å². The Kier molecular flexibility index (Phi) is 6.39. The molecule has 0 radical (unpaired) electrons. The zero-order chi connectivity index (χ0) is 12.9. The van der Waals surface area contributed by atoms with Gasteiger partial charge in [0.15, 0.2) is 0 Å². The van der Waals surface area contributed by atoms with Crippen LogP contribution in [0.5, 0.6) is 0 Å². The van der Waals surface area contributed by atoms with Crippen molar-refractivity contribution in [3.63, 3.8) is 0 Å². The third kappa shape index (κ3) is 6.17. The number of carbonyl (C=O) groups is 1. The van der Waals surface area contributed by atoms with Gasteiger partial charge in [0.1, 0.15) is 6.10 Å². The number of ether oxygens (including phenoxy) is 1. The molecule has 17 heavy (non-hydrogen) atoms. The van der Waals surface area contributed by atoms with E-state index in [4.69, 9.17) is 39.5 Å². The number of rotatable bonds is 4. The summed E-state index contributed by atoms with van der Waals surface area (Å²) in [7, 11) is 0. The summed E-state index contributed by atoms with van der Waals surface area (Å²) >= 11 is 17.4. The van der Waals surface area contributed by atoms with Crippen LogP contribution < -0.4 is 0 Å². The van der Waals surface area contributed by atoms with Crippen molar-refractivity contribution in [1.82, 2.24) is 0 Å². The van der Waals surface area contributed by atoms with Crippen LogP contribution in [0.4, 0.5) is 0 Å². The van der Waals surface area contributed by atoms with Crippen molar-refractivity contribution < 1.29 is 9.53 Å². The molecule has 5 heteroatoms. The molecule has 0 bridgehead atoms. The fraction of sp³-hybridized carbons (Fsp3) is 0.917. The Balaban J connectivity index is 2.40. The van der Waals surface area contributed by atoms with Crippen LogP contribution in [0, 0.1) is 5.92 Å². The van der Waals surface area contributed by atoms with E-state index in [-0.39, 0.29) is 0 Å². The maximum absolute atomic E-state index is 11.0. The first kappa shape index (κ1) is 15.4. The number of hydrogen-bond donors (Lipinski definition) is 0. The van der Waals surface area contributed by atoms with E-state index in [2.05, 4.69) is 0 Å². The third-order valence-corrected chi connectivity index (χ3v) is 3.97. The van der Waals surface area contributed by atoms with Gasteiger partial charge in [-0.25, -0.2) is 0 Å². The molecule has 1 saturated carbocycles. The molecule has 1 rings (SSSR count). The Bertz CT molecular complexity index is 245. The van der Waals surface area contributed by atoms with E-state index in [9.17, 15) is 4.79 Å². The molecule has 0 aromatic carbocycles. The minimum Gasteiger partial charge on any atom is -0.458 e. The molecule has 1 atom stereocenters. The third-order valence-electron chi connectivity index (χ3n) is 3.24. The summed E-state index contributed by atoms with van der Waals surface area (Å²) in [4.78, 5) is 11.0. The molecule has 0 heterocycles. The molecule has 0 aromatic rings. The van der Waals surface area contributed by atoms with E-state index in [1.807, 2.05) is 0 Å². The number of esters is 1. The zero-order valence-corrected chi connectivity index (χ0v) is 12.3. The second kappa shape index (κ2) is 7.06. The van der Waals surface area contributed by atoms with Crippen LogP contribution in [0.1, 0.15) is 51.9 Å². The Morgan fingerprint density at radius 1 is 1.29 bits per heavy atom. The van der Waals surface area contributed by atoms with Gasteiger partial charge in [0.05, 0.1) is 0 Å². The highest BCUT2D eigenvalue weighted by molar-refractivity contribution is 6.68. The molecule has 0 amide bonds. The first-order chi connectivity index (χ1) is 7.89. The molecule has 0 spiro atoms. The lowest BCUT2D eigenvalue weighted by Gasteiger charge is -2.27. The van der Waals surface area contributed by atoms with Crippen molar-refractivity contribution in [2.45, 2.75) is 61.8 Å². The van der Waals surface area contributed by atoms with Gasteiger partial charge in [-0.2, -0.15) is 0 Å². The summed E-state index contributed by atoms with van der Waals surface area (Å²) < 4.78 is 3.54. The molecular weight excluding hydrogens is 282 g/mol. The first-order valence-electron chi connectivity index (χ1n) is 6.13. The normalized spacial score (nSPS) is 20.0. The van der Waals surface area contributed by atoms with Crippen molar-refractivity contribution in [3.8, 4) is 0 Å². The molecule has 0 aromatic heterocycles. The van der Waals surface area contributed by atoms with Crippen LogP contribution in [0.2, 0.25) is 0 Å². The van der Waals surface area contributed by atoms with Crippen molar-refractivity contribution in [2.75, 3.05) is 0 Å². The van der Waals surface area contributed by atoms with Gasteiger partial charge in [0.25, 0.3) is 0 Å². The van der Waals surface area contributed by atoms with E-state index in [0.717, 1.165) is 6.42 Å². The van der Waals surface area contributed by atoms with Gasteiger partial charge < -0.3 is 4.74 Å². The lowest BCUT2D eigenvalue weighted by Crippen LogP contribution is -2.31. The molecule has 100 valence electrons. The van der Waals surface area contributed by atoms with E-state index in [1.165, 1.54) is 39.0 Å². The average molecular weight is 302 g/mol. The Morgan fingerprint density at radius 3 is 2.35 bits per heavy atom. The van der Waals surface area contributed by atoms with Gasteiger partial charge in [0.2, 0.25) is 3.79 Å². The van der Waals surface area contributed by atoms with Crippen LogP contribution in [-0.2, 0) is 9.53 Å². The maximum Gasteiger partial charge on any atom is 0.303 e. The average Bonchev–Trinajstić information content (AvgIpc) is 2.23. The van der Waals surface area contributed by atoms with Gasteiger partial charge in [-0.3, -0.25) is 4.79 Å². The summed E-state index contributed by atoms with van der Waals surface area (Å²) in [6, 6.07) is 0. The van der Waals surface area contributed by atoms with E-state index < -0.39 is 15.9 Å². The summed E-state index contributed by atoms with van der Waals surface area (Å²) in [6.45, 7) is 1.34. The lowest BCUT2D eigenvalue weighted by atomic mass is 9.85. The van der Waals surface area contributed by atoms with Crippen molar-refractivity contribution in [3.05, 3.63) is 0 Å². The monoisotopic (exact) mass is 300 g/mol. The fourth-order valence-electron chi connectivity index (χ4n) is 2.35. The SMILES string of the molecule is CC(=O)OC(CCC1CCCCC1)C(Cl)(Cl)Cl. The first-order valence-corrected chi connectivity index (χ1v) is 7.27. The van der Waals surface area contributed by atoms with Gasteiger partial charge in [-0.1, -0.05) is 66.9 Å². The van der Waals surface area contributed by atoms with Gasteiger partial charge in [-0.15, -0.1) is 0 Å². The molecule has 0 aliphatic heterocycles. The van der Waals surface area contributed by atoms with Crippen LogP contribution in [0.25, 0.3) is 0 Å². The van der Waals surface area contributed by atoms with E-state index >= 15 is 0 Å². The molecule has 0 saturated heterocycles. The summed E-state index contributed by atoms with van der Waals surface area (Å²) in [6.07, 6.45) is 7.35. The molecule has 1 aliphatic rings. The van der Waals surface area contributed by atoms with Gasteiger partial charge >= 0.3 is 5.97 Å². The summed E-state index contributed by atoms with van der Waals surface area (Å²) in [5.41, 5.74) is 0. The van der Waals surface area contributed by atoms with Crippen LogP contribution in [0.3, 0.4) is 0 Å². The van der Waals surface area contributed by atoms with Gasteiger partial charge in [0, 0.05) is 6.92 Å². The molecule has 1 aliphatic carbocycles. The fourth-order valence-corrected chi connectivity index (χ4v) is 2.81. The molecule has 1 unspecified atom stereocenters. The molecular formula is C12H19Cl3O2. The smallest absolute Gasteiger partial charge is 0.303 e. The molecule has 0 N–H and O–H groups in total. The Labute approximate surface area is 118 Å². The number of hydrogen-bond acceptors (Lipinski definition) is 2. The Hall–Kier alpha value is 0.340. The standard InChI is InChI=1S/C12H19Cl3O2/c1-9(16)17-11(12(13,14)15)8-7-10-5-3-2-4-6-10/h10-11H,2-8H2,1H3. The van der Waals surface area contributed by atoms with E-state index in [0.29, 0.717) is 12.3 Å². The number of carbonyl (C=O) groups excluding carboxylic acids is 1. The molecule has 1 fully saturated rings. The highest BCUT2D eigenvalue weighted by atomic mass is 35.6. The topological polar surface area (TPSA) is 26.3 Å². The summed E-state index contributed by atoms with van der Waals surface area (Å²) in [5, 5.41) is 0. The minimum atomic E-state index is -1.53. The maximum atomic E-state index is 11.0. The van der Waals surface area contributed by atoms with Crippen molar-refractivity contribution >= 4 is 40.8 Å². The van der Waals surface area contributed by atoms with Crippen LogP contribution in [-0.4, -0.2) is 15.9 Å². The second-order valence-corrected chi connectivity index (χ2v) is 7.09. The Morgan fingerprint density at radius 2 is 1.88 bits per heavy atom. The predicted molar refractivity (Wildman–Crippen MR) is 71.7 cm³/mol. The molecule has 2 nitrogen and oxygen atoms in total. The lowest BCUT2D eigenvalue weighted by molar-refractivity contribution is -0.146. The largest absolute Gasteiger partial charge is 0.458 e. The highest BCUT2D eigenvalue weighted by Gasteiger charge is 2.35. The van der Waals surface area contributed by atoms with Crippen molar-refractivity contribution in [1.29, 1.82) is 0 Å². The van der Waals surface area contributed by atoms with Crippen LogP contribution >= 0.6 is 34.8 Å². The van der Waals surface area contributed by atoms with E-state index in [1.54, 1.807) is 0 Å². The van der Waals surface area contributed by atoms with Crippen molar-refractivity contribution in [2.24, 2.45) is 5.92 Å². The second-order valence-electron chi connectivity index (χ2n) is 4.72. The zero-order valence-electron chi connectivity index (χ0n) is 10.1.